The van der Waals surface area contributed by atoms with Crippen LogP contribution >= 0.6 is 0 Å². The number of fused-ring (bicyclic) bond motifs is 2. The average molecular weight is 499 g/mol. The molecule has 5 rings (SSSR count). The standard InChI is InChI=1S/C30H30N2O5/c1-5-35-24-17-20(13-14-23(24)36-16-15-18(2)3)27-26-28(33)21-10-6-7-11-22(21)37-29(26)30(34)32(27)25-12-8-9-19(4)31-25/h6-14,17-18,27H,5,15-16H2,1-4H3/t27-/m0/s1. The van der Waals surface area contributed by atoms with Gasteiger partial charge in [0.05, 0.1) is 30.2 Å². The number of hydrogen-bond acceptors (Lipinski definition) is 6. The number of anilines is 1. The van der Waals surface area contributed by atoms with Crippen molar-refractivity contribution < 1.29 is 18.7 Å². The number of aryl methyl sites for hydroxylation is 1. The monoisotopic (exact) mass is 498 g/mol. The Morgan fingerprint density at radius 3 is 2.57 bits per heavy atom. The highest BCUT2D eigenvalue weighted by molar-refractivity contribution is 6.10. The molecule has 1 aliphatic rings. The minimum atomic E-state index is -0.735. The van der Waals surface area contributed by atoms with Crippen molar-refractivity contribution in [1.29, 1.82) is 0 Å². The van der Waals surface area contributed by atoms with Crippen molar-refractivity contribution in [2.24, 2.45) is 5.92 Å². The van der Waals surface area contributed by atoms with Gasteiger partial charge in [-0.2, -0.15) is 0 Å². The lowest BCUT2D eigenvalue weighted by Gasteiger charge is -2.25. The topological polar surface area (TPSA) is 81.9 Å². The van der Waals surface area contributed by atoms with Gasteiger partial charge in [-0.3, -0.25) is 14.5 Å². The second kappa shape index (κ2) is 10.1. The van der Waals surface area contributed by atoms with Crippen LogP contribution in [-0.2, 0) is 0 Å². The molecule has 1 aliphatic heterocycles. The lowest BCUT2D eigenvalue weighted by atomic mass is 9.98. The average Bonchev–Trinajstić information content (AvgIpc) is 3.17. The van der Waals surface area contributed by atoms with E-state index in [1.165, 1.54) is 4.90 Å². The van der Waals surface area contributed by atoms with Crippen LogP contribution in [0, 0.1) is 12.8 Å². The van der Waals surface area contributed by atoms with E-state index < -0.39 is 11.9 Å². The van der Waals surface area contributed by atoms with Crippen LogP contribution in [0.15, 0.2) is 69.9 Å². The van der Waals surface area contributed by atoms with E-state index in [1.54, 1.807) is 30.3 Å². The first-order valence-corrected chi connectivity index (χ1v) is 12.6. The third-order valence-corrected chi connectivity index (χ3v) is 6.43. The van der Waals surface area contributed by atoms with E-state index in [9.17, 15) is 9.59 Å². The number of amides is 1. The molecule has 2 aromatic carbocycles. The first-order chi connectivity index (χ1) is 17.9. The molecule has 190 valence electrons. The Balaban J connectivity index is 1.68. The van der Waals surface area contributed by atoms with Crippen LogP contribution in [-0.4, -0.2) is 24.1 Å². The molecule has 0 N–H and O–H groups in total. The number of hydrogen-bond donors (Lipinski definition) is 0. The second-order valence-electron chi connectivity index (χ2n) is 9.56. The van der Waals surface area contributed by atoms with Gasteiger partial charge in [-0.05, 0) is 68.1 Å². The molecule has 1 atom stereocenters. The zero-order valence-electron chi connectivity index (χ0n) is 21.5. The molecular formula is C30H30N2O5. The SMILES string of the molecule is CCOc1cc([C@H]2c3c(oc4ccccc4c3=O)C(=O)N2c2cccc(C)n2)ccc1OCCC(C)C. The van der Waals surface area contributed by atoms with E-state index in [2.05, 4.69) is 18.8 Å². The third kappa shape index (κ3) is 4.57. The van der Waals surface area contributed by atoms with Crippen LogP contribution in [0.5, 0.6) is 11.5 Å². The number of pyridine rings is 1. The molecule has 0 spiro atoms. The molecule has 7 nitrogen and oxygen atoms in total. The van der Waals surface area contributed by atoms with Gasteiger partial charge in [-0.15, -0.1) is 0 Å². The van der Waals surface area contributed by atoms with Crippen molar-refractivity contribution in [3.8, 4) is 11.5 Å². The Labute approximate surface area is 215 Å². The number of carbonyl (C=O) groups is 1. The highest BCUT2D eigenvalue weighted by atomic mass is 16.5. The zero-order valence-corrected chi connectivity index (χ0v) is 21.5. The molecule has 2 aromatic heterocycles. The van der Waals surface area contributed by atoms with Gasteiger partial charge in [-0.1, -0.05) is 38.1 Å². The van der Waals surface area contributed by atoms with E-state index in [1.807, 2.05) is 44.2 Å². The maximum absolute atomic E-state index is 13.8. The molecule has 3 heterocycles. The third-order valence-electron chi connectivity index (χ3n) is 6.43. The summed E-state index contributed by atoms with van der Waals surface area (Å²) in [4.78, 5) is 33.7. The Bertz CT molecular complexity index is 1520. The first kappa shape index (κ1) is 24.6. The lowest BCUT2D eigenvalue weighted by Crippen LogP contribution is -2.30. The fourth-order valence-corrected chi connectivity index (χ4v) is 4.62. The van der Waals surface area contributed by atoms with Gasteiger partial charge in [0.1, 0.15) is 11.4 Å². The Kier molecular flexibility index (Phi) is 6.70. The minimum absolute atomic E-state index is 0.0345. The zero-order chi connectivity index (χ0) is 26.1. The van der Waals surface area contributed by atoms with Crippen LogP contribution in [0.25, 0.3) is 11.0 Å². The van der Waals surface area contributed by atoms with Gasteiger partial charge >= 0.3 is 0 Å². The number of nitrogens with zero attached hydrogens (tertiary/aromatic N) is 2. The molecule has 0 saturated carbocycles. The summed E-state index contributed by atoms with van der Waals surface area (Å²) in [5, 5.41) is 0.428. The van der Waals surface area contributed by atoms with Crippen molar-refractivity contribution in [2.45, 2.75) is 40.2 Å². The summed E-state index contributed by atoms with van der Waals surface area (Å²) in [7, 11) is 0. The van der Waals surface area contributed by atoms with Crippen molar-refractivity contribution in [1.82, 2.24) is 4.98 Å². The van der Waals surface area contributed by atoms with Gasteiger partial charge in [0.2, 0.25) is 5.76 Å². The van der Waals surface area contributed by atoms with Crippen molar-refractivity contribution >= 4 is 22.7 Å². The van der Waals surface area contributed by atoms with Crippen LogP contribution in [0.3, 0.4) is 0 Å². The molecular weight excluding hydrogens is 468 g/mol. The highest BCUT2D eigenvalue weighted by Crippen LogP contribution is 2.43. The highest BCUT2D eigenvalue weighted by Gasteiger charge is 2.44. The lowest BCUT2D eigenvalue weighted by molar-refractivity contribution is 0.0970. The number of para-hydroxylation sites is 1. The Hall–Kier alpha value is -4.13. The van der Waals surface area contributed by atoms with Gasteiger partial charge in [-0.25, -0.2) is 4.98 Å². The summed E-state index contributed by atoms with van der Waals surface area (Å²) in [5.74, 6) is 1.78. The molecule has 0 aliphatic carbocycles. The maximum Gasteiger partial charge on any atom is 0.296 e. The van der Waals surface area contributed by atoms with Gasteiger partial charge in [0.25, 0.3) is 5.91 Å². The summed E-state index contributed by atoms with van der Waals surface area (Å²) in [6.45, 7) is 9.07. The van der Waals surface area contributed by atoms with E-state index in [4.69, 9.17) is 13.9 Å². The van der Waals surface area contributed by atoms with Crippen molar-refractivity contribution in [2.75, 3.05) is 18.1 Å². The van der Waals surface area contributed by atoms with E-state index in [-0.39, 0.29) is 11.2 Å². The summed E-state index contributed by atoms with van der Waals surface area (Å²) in [6, 6.07) is 17.3. The predicted octanol–water partition coefficient (Wildman–Crippen LogP) is 6.07. The molecule has 37 heavy (non-hydrogen) atoms. The smallest absolute Gasteiger partial charge is 0.296 e. The van der Waals surface area contributed by atoms with Crippen molar-refractivity contribution in [3.05, 3.63) is 93.5 Å². The fourth-order valence-electron chi connectivity index (χ4n) is 4.62. The van der Waals surface area contributed by atoms with Gasteiger partial charge in [0.15, 0.2) is 16.9 Å². The van der Waals surface area contributed by atoms with Crippen molar-refractivity contribution in [3.63, 3.8) is 0 Å². The predicted molar refractivity (Wildman–Crippen MR) is 143 cm³/mol. The van der Waals surface area contributed by atoms with Crippen LogP contribution < -0.4 is 19.8 Å². The summed E-state index contributed by atoms with van der Waals surface area (Å²) in [5.41, 5.74) is 1.90. The fraction of sp³-hybridized carbons (Fsp3) is 0.300. The molecule has 0 bridgehead atoms. The first-order valence-electron chi connectivity index (χ1n) is 12.6. The normalized spacial score (nSPS) is 14.9. The molecule has 0 fully saturated rings. The van der Waals surface area contributed by atoms with E-state index >= 15 is 0 Å². The number of carbonyl (C=O) groups excluding carboxylic acids is 1. The minimum Gasteiger partial charge on any atom is -0.490 e. The summed E-state index contributed by atoms with van der Waals surface area (Å²) in [6.07, 6.45) is 0.915. The van der Waals surface area contributed by atoms with E-state index in [0.717, 1.165) is 12.1 Å². The largest absolute Gasteiger partial charge is 0.490 e. The quantitative estimate of drug-likeness (QED) is 0.293. The summed E-state index contributed by atoms with van der Waals surface area (Å²) >= 11 is 0. The second-order valence-corrected chi connectivity index (χ2v) is 9.56. The number of ether oxygens (including phenoxy) is 2. The van der Waals surface area contributed by atoms with Gasteiger partial charge < -0.3 is 13.9 Å². The van der Waals surface area contributed by atoms with E-state index in [0.29, 0.717) is 58.5 Å². The molecule has 7 heteroatoms. The molecule has 0 unspecified atom stereocenters. The number of aromatic nitrogens is 1. The Morgan fingerprint density at radius 2 is 1.81 bits per heavy atom. The number of benzene rings is 2. The summed E-state index contributed by atoms with van der Waals surface area (Å²) < 4.78 is 18.0. The Morgan fingerprint density at radius 1 is 1.00 bits per heavy atom. The number of rotatable bonds is 8. The molecule has 4 aromatic rings. The van der Waals surface area contributed by atoms with Gasteiger partial charge in [0, 0.05) is 5.69 Å². The maximum atomic E-state index is 13.8. The molecule has 0 radical (unpaired) electrons. The molecule has 1 amide bonds. The van der Waals surface area contributed by atoms with Crippen LogP contribution in [0.4, 0.5) is 5.82 Å². The van der Waals surface area contributed by atoms with Crippen LogP contribution in [0.1, 0.15) is 60.6 Å². The molecule has 0 saturated heterocycles. The van der Waals surface area contributed by atoms with Crippen LogP contribution in [0.2, 0.25) is 0 Å².